The topological polar surface area (TPSA) is 85.6 Å². The van der Waals surface area contributed by atoms with Gasteiger partial charge >= 0.3 is 0 Å². The van der Waals surface area contributed by atoms with Crippen molar-refractivity contribution < 1.29 is 4.79 Å². The summed E-state index contributed by atoms with van der Waals surface area (Å²) < 4.78 is 1.83. The van der Waals surface area contributed by atoms with Crippen molar-refractivity contribution in [3.8, 4) is 10.6 Å². The van der Waals surface area contributed by atoms with Gasteiger partial charge in [-0.3, -0.25) is 10.1 Å². The molecule has 0 atom stereocenters. The summed E-state index contributed by atoms with van der Waals surface area (Å²) in [5.41, 5.74) is 3.55. The van der Waals surface area contributed by atoms with Gasteiger partial charge in [-0.05, 0) is 31.4 Å². The monoisotopic (exact) mass is 370 g/mol. The van der Waals surface area contributed by atoms with Gasteiger partial charge in [0, 0.05) is 6.04 Å². The number of pyridine rings is 1. The fourth-order valence-electron chi connectivity index (χ4n) is 2.53. The summed E-state index contributed by atoms with van der Waals surface area (Å²) in [6, 6.07) is 5.90. The molecular formula is C16H14N6OS2. The Hall–Kier alpha value is -2.65. The zero-order valence-electron chi connectivity index (χ0n) is 13.5. The Balaban J connectivity index is 1.88. The third-order valence-electron chi connectivity index (χ3n) is 3.65. The molecule has 0 saturated carbocycles. The van der Waals surface area contributed by atoms with Crippen LogP contribution in [0.5, 0.6) is 0 Å². The number of carbonyl (C=O) groups is 1. The molecule has 0 unspecified atom stereocenters. The second-order valence-electron chi connectivity index (χ2n) is 5.65. The first-order chi connectivity index (χ1) is 12.1. The van der Waals surface area contributed by atoms with Crippen LogP contribution in [0.4, 0.5) is 5.13 Å². The van der Waals surface area contributed by atoms with E-state index in [0.717, 1.165) is 16.0 Å². The zero-order chi connectivity index (χ0) is 17.4. The largest absolute Gasteiger partial charge is 0.296 e. The van der Waals surface area contributed by atoms with Crippen LogP contribution in [0.2, 0.25) is 0 Å². The molecule has 0 radical (unpaired) electrons. The number of anilines is 1. The number of hydrogen-bond donors (Lipinski definition) is 1. The molecule has 1 N–H and O–H groups in total. The molecule has 4 aromatic heterocycles. The number of nitrogens with one attached hydrogen (secondary N) is 1. The van der Waals surface area contributed by atoms with E-state index in [1.165, 1.54) is 11.3 Å². The average molecular weight is 370 g/mol. The molecule has 0 aromatic carbocycles. The number of carbonyl (C=O) groups excluding carboxylic acids is 1. The minimum atomic E-state index is -0.245. The Kier molecular flexibility index (Phi) is 4.02. The van der Waals surface area contributed by atoms with Crippen LogP contribution in [0, 0.1) is 0 Å². The Morgan fingerprint density at radius 3 is 2.88 bits per heavy atom. The molecule has 0 spiro atoms. The lowest BCUT2D eigenvalue weighted by Gasteiger charge is -2.09. The minimum Gasteiger partial charge on any atom is -0.296 e. The van der Waals surface area contributed by atoms with Crippen molar-refractivity contribution in [3.63, 3.8) is 0 Å². The van der Waals surface area contributed by atoms with Gasteiger partial charge in [-0.1, -0.05) is 17.4 Å². The maximum Gasteiger partial charge on any atom is 0.258 e. The molecule has 0 fully saturated rings. The Morgan fingerprint density at radius 2 is 2.20 bits per heavy atom. The molecule has 0 saturated heterocycles. The Morgan fingerprint density at radius 1 is 1.32 bits per heavy atom. The molecule has 25 heavy (non-hydrogen) atoms. The average Bonchev–Trinajstić information content (AvgIpc) is 3.34. The molecular weight excluding hydrogens is 356 g/mol. The third-order valence-corrected chi connectivity index (χ3v) is 5.15. The van der Waals surface area contributed by atoms with Gasteiger partial charge in [-0.15, -0.1) is 21.5 Å². The summed E-state index contributed by atoms with van der Waals surface area (Å²) in [6.45, 7) is 4.07. The van der Waals surface area contributed by atoms with Crippen molar-refractivity contribution in [1.82, 2.24) is 25.0 Å². The number of nitrogens with zero attached hydrogens (tertiary/aromatic N) is 5. The quantitative estimate of drug-likeness (QED) is 0.590. The van der Waals surface area contributed by atoms with Crippen LogP contribution in [-0.2, 0) is 0 Å². The predicted octanol–water partition coefficient (Wildman–Crippen LogP) is 3.84. The lowest BCUT2D eigenvalue weighted by molar-refractivity contribution is 0.102. The van der Waals surface area contributed by atoms with E-state index < -0.39 is 0 Å². The van der Waals surface area contributed by atoms with Crippen molar-refractivity contribution in [2.75, 3.05) is 5.32 Å². The predicted molar refractivity (Wildman–Crippen MR) is 99.1 cm³/mol. The van der Waals surface area contributed by atoms with Crippen molar-refractivity contribution in [2.45, 2.75) is 19.9 Å². The first-order valence-corrected chi connectivity index (χ1v) is 9.39. The molecule has 126 valence electrons. The van der Waals surface area contributed by atoms with Gasteiger partial charge in [0.2, 0.25) is 5.13 Å². The minimum absolute atomic E-state index is 0.141. The molecule has 0 bridgehead atoms. The van der Waals surface area contributed by atoms with Gasteiger partial charge in [-0.2, -0.15) is 5.10 Å². The number of fused-ring (bicyclic) bond motifs is 1. The highest BCUT2D eigenvalue weighted by molar-refractivity contribution is 7.13. The molecule has 4 rings (SSSR count). The molecule has 0 aliphatic heterocycles. The van der Waals surface area contributed by atoms with E-state index in [1.54, 1.807) is 29.1 Å². The van der Waals surface area contributed by atoms with Gasteiger partial charge in [0.25, 0.3) is 5.91 Å². The SMILES string of the molecule is CC(C)n1ncc2c(C(=O)Nc3nncs3)cc(-c3cccs3)nc21. The normalized spacial score (nSPS) is 11.3. The van der Waals surface area contributed by atoms with Crippen molar-refractivity contribution >= 4 is 44.7 Å². The number of thiophene rings is 1. The van der Waals surface area contributed by atoms with Crippen molar-refractivity contribution in [2.24, 2.45) is 0 Å². The smallest absolute Gasteiger partial charge is 0.258 e. The first kappa shape index (κ1) is 15.9. The van der Waals surface area contributed by atoms with Gasteiger partial charge in [-0.25, -0.2) is 9.67 Å². The highest BCUT2D eigenvalue weighted by Gasteiger charge is 2.19. The van der Waals surface area contributed by atoms with Crippen LogP contribution in [-0.4, -0.2) is 30.9 Å². The lowest BCUT2D eigenvalue weighted by atomic mass is 10.1. The van der Waals surface area contributed by atoms with E-state index >= 15 is 0 Å². The molecule has 0 aliphatic rings. The molecule has 0 aliphatic carbocycles. The van der Waals surface area contributed by atoms with Crippen LogP contribution in [0.25, 0.3) is 21.6 Å². The highest BCUT2D eigenvalue weighted by atomic mass is 32.1. The molecule has 4 heterocycles. The van der Waals surface area contributed by atoms with Crippen LogP contribution in [0.1, 0.15) is 30.2 Å². The fourth-order valence-corrected chi connectivity index (χ4v) is 3.65. The Bertz CT molecular complexity index is 1020. The van der Waals surface area contributed by atoms with Crippen LogP contribution >= 0.6 is 22.7 Å². The third kappa shape index (κ3) is 2.92. The van der Waals surface area contributed by atoms with Gasteiger partial charge in [0.05, 0.1) is 27.7 Å². The summed E-state index contributed by atoms with van der Waals surface area (Å²) in [7, 11) is 0. The van der Waals surface area contributed by atoms with E-state index in [4.69, 9.17) is 4.98 Å². The summed E-state index contributed by atoms with van der Waals surface area (Å²) in [5.74, 6) is -0.245. The highest BCUT2D eigenvalue weighted by Crippen LogP contribution is 2.29. The number of aromatic nitrogens is 5. The number of amides is 1. The molecule has 4 aromatic rings. The second kappa shape index (κ2) is 6.34. The van der Waals surface area contributed by atoms with Crippen molar-refractivity contribution in [1.29, 1.82) is 0 Å². The van der Waals surface area contributed by atoms with Crippen LogP contribution in [0.15, 0.2) is 35.3 Å². The zero-order valence-corrected chi connectivity index (χ0v) is 15.1. The molecule has 7 nitrogen and oxygen atoms in total. The van der Waals surface area contributed by atoms with Crippen LogP contribution in [0.3, 0.4) is 0 Å². The van der Waals surface area contributed by atoms with E-state index in [2.05, 4.69) is 20.6 Å². The van der Waals surface area contributed by atoms with E-state index in [1.807, 2.05) is 36.0 Å². The van der Waals surface area contributed by atoms with Gasteiger partial charge in [0.1, 0.15) is 5.51 Å². The lowest BCUT2D eigenvalue weighted by Crippen LogP contribution is -2.13. The van der Waals surface area contributed by atoms with E-state index in [-0.39, 0.29) is 11.9 Å². The summed E-state index contributed by atoms with van der Waals surface area (Å²) >= 11 is 2.86. The second-order valence-corrected chi connectivity index (χ2v) is 7.43. The van der Waals surface area contributed by atoms with Crippen molar-refractivity contribution in [3.05, 3.63) is 40.8 Å². The van der Waals surface area contributed by atoms with Crippen LogP contribution < -0.4 is 5.32 Å². The fraction of sp³-hybridized carbons (Fsp3) is 0.188. The maximum absolute atomic E-state index is 12.8. The van der Waals surface area contributed by atoms with Gasteiger partial charge < -0.3 is 0 Å². The van der Waals surface area contributed by atoms with E-state index in [0.29, 0.717) is 16.3 Å². The van der Waals surface area contributed by atoms with Gasteiger partial charge in [0.15, 0.2) is 5.65 Å². The summed E-state index contributed by atoms with van der Waals surface area (Å²) in [5, 5.41) is 18.0. The molecule has 1 amide bonds. The Labute approximate surface area is 151 Å². The maximum atomic E-state index is 12.8. The number of hydrogen-bond acceptors (Lipinski definition) is 7. The first-order valence-electron chi connectivity index (χ1n) is 7.63. The summed E-state index contributed by atoms with van der Waals surface area (Å²) in [6.07, 6.45) is 1.69. The number of rotatable bonds is 4. The standard InChI is InChI=1S/C16H14N6OS2/c1-9(2)22-14-11(7-18-22)10(15(23)20-16-21-17-8-25-16)6-12(19-14)13-4-3-5-24-13/h3-9H,1-2H3,(H,20,21,23). The van der Waals surface area contributed by atoms with E-state index in [9.17, 15) is 4.79 Å². The molecule has 9 heteroatoms. The summed E-state index contributed by atoms with van der Waals surface area (Å²) in [4.78, 5) is 18.5.